The van der Waals surface area contributed by atoms with Crippen molar-refractivity contribution in [2.45, 2.75) is 19.5 Å². The first-order chi connectivity index (χ1) is 11.0. The predicted molar refractivity (Wildman–Crippen MR) is 88.4 cm³/mol. The van der Waals surface area contributed by atoms with E-state index in [1.165, 1.54) is 17.4 Å². The molecule has 120 valence electrons. The second-order valence-corrected chi connectivity index (χ2v) is 6.10. The molecule has 3 rings (SSSR count). The molecule has 1 aromatic carbocycles. The summed E-state index contributed by atoms with van der Waals surface area (Å²) in [5.41, 5.74) is 1.32. The van der Waals surface area contributed by atoms with Gasteiger partial charge in [0.05, 0.1) is 11.3 Å². The zero-order chi connectivity index (χ0) is 16.4. The topological polar surface area (TPSA) is 16.1 Å². The lowest BCUT2D eigenvalue weighted by Gasteiger charge is -2.23. The summed E-state index contributed by atoms with van der Waals surface area (Å²) in [4.78, 5) is 6.14. The summed E-state index contributed by atoms with van der Waals surface area (Å²) in [6.45, 7) is 2.86. The molecule has 0 unspecified atom stereocenters. The average Bonchev–Trinajstić information content (AvgIpc) is 2.95. The minimum atomic E-state index is -4.31. The van der Waals surface area contributed by atoms with Gasteiger partial charge in [0.15, 0.2) is 0 Å². The number of benzene rings is 1. The molecule has 0 aliphatic heterocycles. The van der Waals surface area contributed by atoms with Crippen molar-refractivity contribution in [3.8, 4) is 0 Å². The van der Waals surface area contributed by atoms with E-state index in [-0.39, 0.29) is 0 Å². The Labute approximate surface area is 136 Å². The van der Waals surface area contributed by atoms with Gasteiger partial charge in [-0.1, -0.05) is 13.0 Å². The maximum Gasteiger partial charge on any atom is 0.416 e. The number of fused-ring (bicyclic) bond motifs is 1. The van der Waals surface area contributed by atoms with Crippen molar-refractivity contribution in [3.63, 3.8) is 0 Å². The van der Waals surface area contributed by atoms with Gasteiger partial charge in [-0.25, -0.2) is 0 Å². The molecule has 0 aliphatic rings. The Bertz CT molecular complexity index is 796. The van der Waals surface area contributed by atoms with Gasteiger partial charge in [0.2, 0.25) is 0 Å². The molecule has 0 fully saturated rings. The third-order valence-electron chi connectivity index (χ3n) is 3.59. The van der Waals surface area contributed by atoms with Crippen LogP contribution in [0.3, 0.4) is 0 Å². The van der Waals surface area contributed by atoms with Crippen molar-refractivity contribution in [1.82, 2.24) is 4.98 Å². The molecule has 0 saturated heterocycles. The van der Waals surface area contributed by atoms with Crippen molar-refractivity contribution >= 4 is 32.8 Å². The van der Waals surface area contributed by atoms with Crippen LogP contribution < -0.4 is 4.90 Å². The standard InChI is InChI=1S/C17H15F3N2S/c1-2-9-22(13-5-7-21-8-6-13)15-11-23-16-10-12(17(18,19)20)3-4-14(15)16/h3-8,10-11H,2,9H2,1H3. The van der Waals surface area contributed by atoms with Crippen LogP contribution in [0.1, 0.15) is 18.9 Å². The summed E-state index contributed by atoms with van der Waals surface area (Å²) >= 11 is 1.34. The minimum absolute atomic E-state index is 0.607. The second-order valence-electron chi connectivity index (χ2n) is 5.19. The second kappa shape index (κ2) is 6.20. The lowest BCUT2D eigenvalue weighted by Crippen LogP contribution is -2.17. The van der Waals surface area contributed by atoms with Crippen molar-refractivity contribution in [2.24, 2.45) is 0 Å². The van der Waals surface area contributed by atoms with E-state index in [1.54, 1.807) is 18.5 Å². The molecule has 0 N–H and O–H groups in total. The summed E-state index contributed by atoms with van der Waals surface area (Å²) < 4.78 is 39.2. The predicted octanol–water partition coefficient (Wildman–Crippen LogP) is 5.86. The molecule has 6 heteroatoms. The van der Waals surface area contributed by atoms with Gasteiger partial charge in [0.25, 0.3) is 0 Å². The van der Waals surface area contributed by atoms with Gasteiger partial charge in [-0.15, -0.1) is 11.3 Å². The molecule has 2 aromatic heterocycles. The van der Waals surface area contributed by atoms with Gasteiger partial charge in [-0.05, 0) is 30.7 Å². The Kier molecular flexibility index (Phi) is 4.26. The first-order valence-corrected chi connectivity index (χ1v) is 8.14. The van der Waals surface area contributed by atoms with Gasteiger partial charge >= 0.3 is 6.18 Å². The fraction of sp³-hybridized carbons (Fsp3) is 0.235. The van der Waals surface area contributed by atoms with Gasteiger partial charge < -0.3 is 4.90 Å². The molecule has 3 aromatic rings. The maximum absolute atomic E-state index is 12.9. The number of halogens is 3. The van der Waals surface area contributed by atoms with Crippen molar-refractivity contribution in [3.05, 3.63) is 53.7 Å². The largest absolute Gasteiger partial charge is 0.416 e. The Morgan fingerprint density at radius 1 is 1.13 bits per heavy atom. The molecule has 0 atom stereocenters. The fourth-order valence-corrected chi connectivity index (χ4v) is 3.52. The van der Waals surface area contributed by atoms with Crippen LogP contribution >= 0.6 is 11.3 Å². The molecule has 23 heavy (non-hydrogen) atoms. The quantitative estimate of drug-likeness (QED) is 0.593. The first-order valence-electron chi connectivity index (χ1n) is 7.26. The van der Waals surface area contributed by atoms with E-state index in [2.05, 4.69) is 16.8 Å². The van der Waals surface area contributed by atoms with Crippen molar-refractivity contribution in [2.75, 3.05) is 11.4 Å². The Morgan fingerprint density at radius 2 is 1.87 bits per heavy atom. The first kappa shape index (κ1) is 15.8. The molecule has 2 nitrogen and oxygen atoms in total. The van der Waals surface area contributed by atoms with Crippen LogP contribution in [0.15, 0.2) is 48.1 Å². The summed E-state index contributed by atoms with van der Waals surface area (Å²) in [5.74, 6) is 0. The number of hydrogen-bond donors (Lipinski definition) is 0. The van der Waals surface area contributed by atoms with E-state index in [9.17, 15) is 13.2 Å². The third-order valence-corrected chi connectivity index (χ3v) is 4.53. The molecule has 0 spiro atoms. The lowest BCUT2D eigenvalue weighted by molar-refractivity contribution is -0.137. The molecule has 0 aliphatic carbocycles. The number of aromatic nitrogens is 1. The highest BCUT2D eigenvalue weighted by atomic mass is 32.1. The van der Waals surface area contributed by atoms with E-state index < -0.39 is 11.7 Å². The van der Waals surface area contributed by atoms with Crippen LogP contribution in [0.25, 0.3) is 10.1 Å². The van der Waals surface area contributed by atoms with Gasteiger partial charge in [0.1, 0.15) is 0 Å². The number of pyridine rings is 1. The lowest BCUT2D eigenvalue weighted by atomic mass is 10.1. The molecule has 0 radical (unpaired) electrons. The van der Waals surface area contributed by atoms with Gasteiger partial charge in [-0.3, -0.25) is 4.98 Å². The molecular weight excluding hydrogens is 321 g/mol. The number of rotatable bonds is 4. The average molecular weight is 336 g/mol. The highest BCUT2D eigenvalue weighted by Gasteiger charge is 2.30. The molecule has 0 amide bonds. The van der Waals surface area contributed by atoms with E-state index in [4.69, 9.17) is 0 Å². The third kappa shape index (κ3) is 3.17. The molecular formula is C17H15F3N2S. The molecule has 0 saturated carbocycles. The number of thiophene rings is 1. The Morgan fingerprint density at radius 3 is 2.52 bits per heavy atom. The Balaban J connectivity index is 2.07. The molecule has 2 heterocycles. The van der Waals surface area contributed by atoms with Crippen molar-refractivity contribution < 1.29 is 13.2 Å². The smallest absolute Gasteiger partial charge is 0.340 e. The normalized spacial score (nSPS) is 11.8. The number of anilines is 2. The minimum Gasteiger partial charge on any atom is -0.340 e. The number of nitrogens with zero attached hydrogens (tertiary/aromatic N) is 2. The van der Waals surface area contributed by atoms with Crippen LogP contribution in [0.2, 0.25) is 0 Å². The highest BCUT2D eigenvalue weighted by Crippen LogP contribution is 2.39. The zero-order valence-corrected chi connectivity index (χ0v) is 13.3. The van der Waals surface area contributed by atoms with Gasteiger partial charge in [-0.2, -0.15) is 13.2 Å². The van der Waals surface area contributed by atoms with Crippen LogP contribution in [0, 0.1) is 0 Å². The number of hydrogen-bond acceptors (Lipinski definition) is 3. The maximum atomic E-state index is 12.9. The zero-order valence-electron chi connectivity index (χ0n) is 12.5. The molecule has 0 bridgehead atoms. The van der Waals surface area contributed by atoms with Crippen LogP contribution in [-0.4, -0.2) is 11.5 Å². The van der Waals surface area contributed by atoms with E-state index >= 15 is 0 Å². The fourth-order valence-electron chi connectivity index (χ4n) is 2.54. The van der Waals surface area contributed by atoms with Crippen LogP contribution in [0.5, 0.6) is 0 Å². The Hall–Kier alpha value is -2.08. The van der Waals surface area contributed by atoms with E-state index in [0.717, 1.165) is 35.8 Å². The summed E-state index contributed by atoms with van der Waals surface area (Å²) in [6.07, 6.45) is 0.0511. The van der Waals surface area contributed by atoms with Crippen LogP contribution in [-0.2, 0) is 6.18 Å². The van der Waals surface area contributed by atoms with E-state index in [1.807, 2.05) is 17.5 Å². The van der Waals surface area contributed by atoms with Gasteiger partial charge in [0, 0.05) is 40.1 Å². The summed E-state index contributed by atoms with van der Waals surface area (Å²) in [5, 5.41) is 2.76. The van der Waals surface area contributed by atoms with E-state index in [0.29, 0.717) is 4.70 Å². The highest BCUT2D eigenvalue weighted by molar-refractivity contribution is 7.17. The van der Waals surface area contributed by atoms with Crippen LogP contribution in [0.4, 0.5) is 24.5 Å². The van der Waals surface area contributed by atoms with Crippen molar-refractivity contribution in [1.29, 1.82) is 0 Å². The SMILES string of the molecule is CCCN(c1ccncc1)c1csc2cc(C(F)(F)F)ccc12. The number of alkyl halides is 3. The summed E-state index contributed by atoms with van der Waals surface area (Å²) in [7, 11) is 0. The summed E-state index contributed by atoms with van der Waals surface area (Å²) in [6, 6.07) is 7.75. The monoisotopic (exact) mass is 336 g/mol.